The summed E-state index contributed by atoms with van der Waals surface area (Å²) in [5.41, 5.74) is 1.34. The number of ketones is 1. The fourth-order valence-electron chi connectivity index (χ4n) is 3.77. The number of hydrogen-bond donors (Lipinski definition) is 0. The Morgan fingerprint density at radius 1 is 1.15 bits per heavy atom. The first kappa shape index (κ1) is 14.3. The molecule has 2 unspecified atom stereocenters. The molecule has 1 aliphatic heterocycles. The highest BCUT2D eigenvalue weighted by Crippen LogP contribution is 2.33. The number of hydrogen-bond acceptors (Lipinski definition) is 2. The standard InChI is InChI=1S/C17H22BrNO/c18-15-8-3-1-6-13(15)12-19-11-5-9-16(19)14-7-2-4-10-17(14)20/h1,3,6,8,14,16H,2,4-5,7,9-12H2. The van der Waals surface area contributed by atoms with E-state index in [9.17, 15) is 4.79 Å². The zero-order valence-electron chi connectivity index (χ0n) is 11.9. The van der Waals surface area contributed by atoms with Gasteiger partial charge in [-0.05, 0) is 43.9 Å². The van der Waals surface area contributed by atoms with E-state index in [4.69, 9.17) is 0 Å². The molecule has 0 N–H and O–H groups in total. The van der Waals surface area contributed by atoms with Crippen LogP contribution in [-0.4, -0.2) is 23.3 Å². The van der Waals surface area contributed by atoms with Crippen LogP contribution >= 0.6 is 15.9 Å². The summed E-state index contributed by atoms with van der Waals surface area (Å²) in [5, 5.41) is 0. The van der Waals surface area contributed by atoms with Gasteiger partial charge < -0.3 is 0 Å². The Kier molecular flexibility index (Phi) is 4.57. The lowest BCUT2D eigenvalue weighted by Crippen LogP contribution is -2.40. The minimum absolute atomic E-state index is 0.300. The fourth-order valence-corrected chi connectivity index (χ4v) is 4.18. The lowest BCUT2D eigenvalue weighted by Gasteiger charge is -2.33. The van der Waals surface area contributed by atoms with Crippen molar-refractivity contribution in [3.05, 3.63) is 34.3 Å². The van der Waals surface area contributed by atoms with Crippen LogP contribution in [0.25, 0.3) is 0 Å². The Balaban J connectivity index is 1.72. The van der Waals surface area contributed by atoms with Crippen molar-refractivity contribution in [2.45, 2.75) is 51.1 Å². The largest absolute Gasteiger partial charge is 0.299 e. The molecule has 1 saturated heterocycles. The van der Waals surface area contributed by atoms with Crippen molar-refractivity contribution in [3.8, 4) is 0 Å². The number of carbonyl (C=O) groups is 1. The van der Waals surface area contributed by atoms with Gasteiger partial charge in [0.1, 0.15) is 5.78 Å². The van der Waals surface area contributed by atoms with Crippen LogP contribution in [0.1, 0.15) is 44.1 Å². The minimum Gasteiger partial charge on any atom is -0.299 e. The normalized spacial score (nSPS) is 27.9. The molecule has 2 aliphatic rings. The first-order valence-electron chi connectivity index (χ1n) is 7.76. The molecule has 3 heteroatoms. The fraction of sp³-hybridized carbons (Fsp3) is 0.588. The van der Waals surface area contributed by atoms with E-state index in [0.29, 0.717) is 17.7 Å². The van der Waals surface area contributed by atoms with Gasteiger partial charge in [-0.3, -0.25) is 9.69 Å². The molecule has 2 fully saturated rings. The van der Waals surface area contributed by atoms with Crippen LogP contribution < -0.4 is 0 Å². The van der Waals surface area contributed by atoms with Gasteiger partial charge in [-0.2, -0.15) is 0 Å². The molecule has 1 aromatic carbocycles. The van der Waals surface area contributed by atoms with E-state index < -0.39 is 0 Å². The van der Waals surface area contributed by atoms with Crippen LogP contribution in [0.2, 0.25) is 0 Å². The Morgan fingerprint density at radius 2 is 2.00 bits per heavy atom. The molecular weight excluding hydrogens is 314 g/mol. The van der Waals surface area contributed by atoms with Crippen LogP contribution in [0.4, 0.5) is 0 Å². The summed E-state index contributed by atoms with van der Waals surface area (Å²) in [4.78, 5) is 14.7. The van der Waals surface area contributed by atoms with E-state index in [-0.39, 0.29) is 0 Å². The monoisotopic (exact) mass is 335 g/mol. The van der Waals surface area contributed by atoms with E-state index >= 15 is 0 Å². The van der Waals surface area contributed by atoms with E-state index in [0.717, 1.165) is 32.4 Å². The maximum absolute atomic E-state index is 12.2. The molecule has 0 aromatic heterocycles. The molecule has 1 saturated carbocycles. The summed E-state index contributed by atoms with van der Waals surface area (Å²) < 4.78 is 1.18. The first-order valence-corrected chi connectivity index (χ1v) is 8.55. The van der Waals surface area contributed by atoms with E-state index in [1.165, 1.54) is 29.3 Å². The average molecular weight is 336 g/mol. The van der Waals surface area contributed by atoms with Crippen LogP contribution in [0, 0.1) is 5.92 Å². The number of nitrogens with zero attached hydrogens (tertiary/aromatic N) is 1. The predicted molar refractivity (Wildman–Crippen MR) is 84.5 cm³/mol. The summed E-state index contributed by atoms with van der Waals surface area (Å²) in [6.07, 6.45) is 6.68. The van der Waals surface area contributed by atoms with Crippen molar-refractivity contribution in [1.82, 2.24) is 4.90 Å². The lowest BCUT2D eigenvalue weighted by molar-refractivity contribution is -0.126. The molecular formula is C17H22BrNO. The molecule has 3 rings (SSSR count). The maximum Gasteiger partial charge on any atom is 0.137 e. The summed E-state index contributed by atoms with van der Waals surface area (Å²) in [7, 11) is 0. The topological polar surface area (TPSA) is 20.3 Å². The number of benzene rings is 1. The molecule has 0 spiro atoms. The third kappa shape index (κ3) is 2.99. The molecule has 0 radical (unpaired) electrons. The molecule has 20 heavy (non-hydrogen) atoms. The second-order valence-electron chi connectivity index (χ2n) is 6.09. The van der Waals surface area contributed by atoms with E-state index in [1.54, 1.807) is 0 Å². The number of likely N-dealkylation sites (tertiary alicyclic amines) is 1. The average Bonchev–Trinajstić information content (AvgIpc) is 2.90. The SMILES string of the molecule is O=C1CCCCC1C1CCCN1Cc1ccccc1Br. The van der Waals surface area contributed by atoms with Crippen LogP contribution in [0.3, 0.4) is 0 Å². The Hall–Kier alpha value is -0.670. The van der Waals surface area contributed by atoms with E-state index in [2.05, 4.69) is 45.1 Å². The molecule has 1 aliphatic carbocycles. The van der Waals surface area contributed by atoms with Gasteiger partial charge in [0.05, 0.1) is 0 Å². The van der Waals surface area contributed by atoms with Gasteiger partial charge in [0.2, 0.25) is 0 Å². The summed E-state index contributed by atoms with van der Waals surface area (Å²) in [6, 6.07) is 8.92. The van der Waals surface area contributed by atoms with Gasteiger partial charge in [-0.25, -0.2) is 0 Å². The second-order valence-corrected chi connectivity index (χ2v) is 6.94. The van der Waals surface area contributed by atoms with Crippen molar-refractivity contribution in [3.63, 3.8) is 0 Å². The Bertz CT molecular complexity index is 488. The smallest absolute Gasteiger partial charge is 0.137 e. The van der Waals surface area contributed by atoms with Crippen LogP contribution in [-0.2, 0) is 11.3 Å². The molecule has 2 nitrogen and oxygen atoms in total. The van der Waals surface area contributed by atoms with Gasteiger partial charge in [0.25, 0.3) is 0 Å². The van der Waals surface area contributed by atoms with Crippen LogP contribution in [0.5, 0.6) is 0 Å². The van der Waals surface area contributed by atoms with Crippen molar-refractivity contribution in [2.75, 3.05) is 6.54 Å². The molecule has 1 heterocycles. The van der Waals surface area contributed by atoms with Crippen molar-refractivity contribution in [1.29, 1.82) is 0 Å². The molecule has 1 aromatic rings. The number of rotatable bonds is 3. The van der Waals surface area contributed by atoms with E-state index in [1.807, 2.05) is 0 Å². The van der Waals surface area contributed by atoms with Gasteiger partial charge in [-0.1, -0.05) is 40.5 Å². The first-order chi connectivity index (χ1) is 9.75. The zero-order valence-corrected chi connectivity index (χ0v) is 13.4. The summed E-state index contributed by atoms with van der Waals surface area (Å²) >= 11 is 3.64. The highest BCUT2D eigenvalue weighted by atomic mass is 79.9. The number of Topliss-reactive ketones (excluding diaryl/α,β-unsaturated/α-hetero) is 1. The van der Waals surface area contributed by atoms with Crippen molar-refractivity contribution < 1.29 is 4.79 Å². The Morgan fingerprint density at radius 3 is 2.80 bits per heavy atom. The van der Waals surface area contributed by atoms with Crippen LogP contribution in [0.15, 0.2) is 28.7 Å². The van der Waals surface area contributed by atoms with Gasteiger partial charge in [0, 0.05) is 29.4 Å². The van der Waals surface area contributed by atoms with Gasteiger partial charge in [0.15, 0.2) is 0 Å². The molecule has 0 bridgehead atoms. The summed E-state index contributed by atoms with van der Waals surface area (Å²) in [6.45, 7) is 2.10. The second kappa shape index (κ2) is 6.40. The quantitative estimate of drug-likeness (QED) is 0.826. The van der Waals surface area contributed by atoms with Gasteiger partial charge in [-0.15, -0.1) is 0 Å². The summed E-state index contributed by atoms with van der Waals surface area (Å²) in [5.74, 6) is 0.814. The third-order valence-electron chi connectivity index (χ3n) is 4.81. The Labute approximate surface area is 129 Å². The zero-order chi connectivity index (χ0) is 13.9. The molecule has 0 amide bonds. The molecule has 2 atom stereocenters. The predicted octanol–water partition coefficient (Wildman–Crippen LogP) is 4.17. The van der Waals surface area contributed by atoms with Crippen molar-refractivity contribution in [2.24, 2.45) is 5.92 Å². The maximum atomic E-state index is 12.2. The lowest BCUT2D eigenvalue weighted by atomic mass is 9.82. The minimum atomic E-state index is 0.300. The highest BCUT2D eigenvalue weighted by molar-refractivity contribution is 9.10. The van der Waals surface area contributed by atoms with Crippen molar-refractivity contribution >= 4 is 21.7 Å². The molecule has 108 valence electrons. The number of carbonyl (C=O) groups excluding carboxylic acids is 1. The van der Waals surface area contributed by atoms with Gasteiger partial charge >= 0.3 is 0 Å². The highest BCUT2D eigenvalue weighted by Gasteiger charge is 2.36. The third-order valence-corrected chi connectivity index (χ3v) is 5.59. The number of halogens is 1.